The van der Waals surface area contributed by atoms with Gasteiger partial charge in [-0.25, -0.2) is 13.6 Å². The normalized spacial score (nSPS) is 12.7. The van der Waals surface area contributed by atoms with Gasteiger partial charge in [0.1, 0.15) is 11.9 Å². The lowest BCUT2D eigenvalue weighted by Gasteiger charge is -2.13. The van der Waals surface area contributed by atoms with E-state index in [0.717, 1.165) is 0 Å². The molecular weight excluding hydrogens is 306 g/mol. The van der Waals surface area contributed by atoms with E-state index in [1.54, 1.807) is 30.9 Å². The number of hydrogen-bond acceptors (Lipinski definition) is 5. The van der Waals surface area contributed by atoms with Gasteiger partial charge in [0.2, 0.25) is 15.9 Å². The zero-order valence-electron chi connectivity index (χ0n) is 12.1. The number of amides is 1. The molecular formula is C13H17N5O3S. The molecule has 2 aromatic rings. The molecule has 22 heavy (non-hydrogen) atoms. The van der Waals surface area contributed by atoms with Crippen LogP contribution < -0.4 is 15.8 Å². The molecule has 1 amide bonds. The molecule has 1 heterocycles. The number of carbonyl (C=O) groups excluding carboxylic acids is 1. The Labute approximate surface area is 128 Å². The zero-order chi connectivity index (χ0) is 16.3. The van der Waals surface area contributed by atoms with Crippen molar-refractivity contribution in [2.24, 2.45) is 12.2 Å². The Morgan fingerprint density at radius 3 is 2.41 bits per heavy atom. The van der Waals surface area contributed by atoms with E-state index in [9.17, 15) is 13.2 Å². The molecule has 0 bridgehead atoms. The summed E-state index contributed by atoms with van der Waals surface area (Å²) in [6.07, 6.45) is 1.76. The monoisotopic (exact) mass is 323 g/mol. The summed E-state index contributed by atoms with van der Waals surface area (Å²) in [5.74, 6) is 0.323. The topological polar surface area (TPSA) is 119 Å². The number of nitrogens with two attached hydrogens (primary N) is 1. The molecule has 0 saturated heterocycles. The summed E-state index contributed by atoms with van der Waals surface area (Å²) in [6, 6.07) is 6.87. The maximum absolute atomic E-state index is 12.1. The number of sulfonamides is 1. The van der Waals surface area contributed by atoms with Gasteiger partial charge in [0.15, 0.2) is 0 Å². The van der Waals surface area contributed by atoms with Crippen LogP contribution in [0.15, 0.2) is 41.4 Å². The second-order valence-electron chi connectivity index (χ2n) is 4.80. The van der Waals surface area contributed by atoms with Crippen LogP contribution in [0.25, 0.3) is 0 Å². The van der Waals surface area contributed by atoms with Crippen LogP contribution in [-0.4, -0.2) is 30.1 Å². The first-order valence-corrected chi connectivity index (χ1v) is 8.00. The van der Waals surface area contributed by atoms with Crippen LogP contribution in [0, 0.1) is 0 Å². The van der Waals surface area contributed by atoms with Crippen LogP contribution in [0.5, 0.6) is 0 Å². The maximum atomic E-state index is 12.1. The van der Waals surface area contributed by atoms with Crippen molar-refractivity contribution in [3.8, 4) is 0 Å². The van der Waals surface area contributed by atoms with E-state index in [-0.39, 0.29) is 10.8 Å². The van der Waals surface area contributed by atoms with Crippen LogP contribution in [0.1, 0.15) is 6.92 Å². The number of aromatic nitrogens is 2. The highest BCUT2D eigenvalue weighted by molar-refractivity contribution is 7.89. The third kappa shape index (κ3) is 4.06. The summed E-state index contributed by atoms with van der Waals surface area (Å²) in [5.41, 5.74) is 0.479. The summed E-state index contributed by atoms with van der Waals surface area (Å²) in [4.78, 5) is 12.0. The summed E-state index contributed by atoms with van der Waals surface area (Å²) < 4.78 is 23.9. The van der Waals surface area contributed by atoms with E-state index in [4.69, 9.17) is 5.14 Å². The SMILES string of the molecule is CC(Nc1ccn(C)n1)C(=O)Nc1ccc(S(N)(=O)=O)cc1. The summed E-state index contributed by atoms with van der Waals surface area (Å²) >= 11 is 0. The highest BCUT2D eigenvalue weighted by Crippen LogP contribution is 2.13. The van der Waals surface area contributed by atoms with E-state index in [1.165, 1.54) is 24.3 Å². The first-order valence-electron chi connectivity index (χ1n) is 6.45. The molecule has 2 rings (SSSR count). The van der Waals surface area contributed by atoms with Crippen LogP contribution in [0.2, 0.25) is 0 Å². The predicted molar refractivity (Wildman–Crippen MR) is 82.7 cm³/mol. The van der Waals surface area contributed by atoms with Crippen molar-refractivity contribution in [3.05, 3.63) is 36.5 Å². The van der Waals surface area contributed by atoms with Crippen molar-refractivity contribution in [3.63, 3.8) is 0 Å². The van der Waals surface area contributed by atoms with Crippen molar-refractivity contribution >= 4 is 27.4 Å². The van der Waals surface area contributed by atoms with Crippen molar-refractivity contribution < 1.29 is 13.2 Å². The fourth-order valence-electron chi connectivity index (χ4n) is 1.76. The molecule has 0 saturated carbocycles. The number of primary sulfonamides is 1. The standard InChI is InChI=1S/C13H17N5O3S/c1-9(15-12-7-8-18(2)17-12)13(19)16-10-3-5-11(6-4-10)22(14,20)21/h3-9H,1-2H3,(H,15,17)(H,16,19)(H2,14,20,21). The third-order valence-electron chi connectivity index (χ3n) is 2.92. The smallest absolute Gasteiger partial charge is 0.246 e. The molecule has 1 unspecified atom stereocenters. The van der Waals surface area contributed by atoms with Gasteiger partial charge in [-0.05, 0) is 31.2 Å². The largest absolute Gasteiger partial charge is 0.357 e. The number of benzene rings is 1. The minimum absolute atomic E-state index is 0.00911. The molecule has 0 radical (unpaired) electrons. The van der Waals surface area contributed by atoms with E-state index in [1.807, 2.05) is 0 Å². The zero-order valence-corrected chi connectivity index (χ0v) is 13.0. The number of nitrogens with zero attached hydrogens (tertiary/aromatic N) is 2. The first kappa shape index (κ1) is 16.0. The minimum Gasteiger partial charge on any atom is -0.357 e. The number of rotatable bonds is 5. The average molecular weight is 323 g/mol. The molecule has 0 aliphatic carbocycles. The predicted octanol–water partition coefficient (Wildman–Crippen LogP) is 0.507. The molecule has 4 N–H and O–H groups in total. The van der Waals surface area contributed by atoms with Gasteiger partial charge in [-0.2, -0.15) is 5.10 Å². The number of hydrogen-bond donors (Lipinski definition) is 3. The Balaban J connectivity index is 1.99. The molecule has 0 spiro atoms. The Bertz CT molecular complexity index is 767. The molecule has 1 aromatic heterocycles. The van der Waals surface area contributed by atoms with Crippen molar-refractivity contribution in [2.45, 2.75) is 17.9 Å². The van der Waals surface area contributed by atoms with E-state index < -0.39 is 16.1 Å². The van der Waals surface area contributed by atoms with Gasteiger partial charge < -0.3 is 10.6 Å². The average Bonchev–Trinajstić information content (AvgIpc) is 2.83. The highest BCUT2D eigenvalue weighted by Gasteiger charge is 2.14. The first-order chi connectivity index (χ1) is 10.3. The Morgan fingerprint density at radius 1 is 1.27 bits per heavy atom. The number of aryl methyl sites for hydroxylation is 1. The van der Waals surface area contributed by atoms with E-state index in [0.29, 0.717) is 11.5 Å². The number of carbonyl (C=O) groups is 1. The molecule has 0 aliphatic rings. The van der Waals surface area contributed by atoms with E-state index >= 15 is 0 Å². The second kappa shape index (κ2) is 6.16. The lowest BCUT2D eigenvalue weighted by atomic mass is 10.2. The number of anilines is 2. The second-order valence-corrected chi connectivity index (χ2v) is 6.36. The molecule has 8 nitrogen and oxygen atoms in total. The van der Waals surface area contributed by atoms with Crippen LogP contribution in [0.3, 0.4) is 0 Å². The lowest BCUT2D eigenvalue weighted by Crippen LogP contribution is -2.32. The lowest BCUT2D eigenvalue weighted by molar-refractivity contribution is -0.116. The van der Waals surface area contributed by atoms with Gasteiger partial charge in [0, 0.05) is 25.0 Å². The molecule has 0 aliphatic heterocycles. The summed E-state index contributed by atoms with van der Waals surface area (Å²) in [7, 11) is -1.96. The van der Waals surface area contributed by atoms with Crippen molar-refractivity contribution in [1.29, 1.82) is 0 Å². The van der Waals surface area contributed by atoms with Crippen LogP contribution in [0.4, 0.5) is 11.5 Å². The van der Waals surface area contributed by atoms with E-state index in [2.05, 4.69) is 15.7 Å². The minimum atomic E-state index is -3.74. The van der Waals surface area contributed by atoms with Crippen LogP contribution >= 0.6 is 0 Å². The third-order valence-corrected chi connectivity index (χ3v) is 3.85. The molecule has 118 valence electrons. The van der Waals surface area contributed by atoms with Gasteiger partial charge in [-0.1, -0.05) is 0 Å². The highest BCUT2D eigenvalue weighted by atomic mass is 32.2. The fourth-order valence-corrected chi connectivity index (χ4v) is 2.27. The summed E-state index contributed by atoms with van der Waals surface area (Å²) in [6.45, 7) is 1.70. The summed E-state index contributed by atoms with van der Waals surface area (Å²) in [5, 5.41) is 14.8. The molecule has 1 aromatic carbocycles. The fraction of sp³-hybridized carbons (Fsp3) is 0.231. The van der Waals surface area contributed by atoms with Gasteiger partial charge in [0.05, 0.1) is 4.90 Å². The van der Waals surface area contributed by atoms with Gasteiger partial charge in [-0.15, -0.1) is 0 Å². The van der Waals surface area contributed by atoms with Gasteiger partial charge in [-0.3, -0.25) is 9.48 Å². The Hall–Kier alpha value is -2.39. The number of nitrogens with one attached hydrogen (secondary N) is 2. The Morgan fingerprint density at radius 2 is 1.91 bits per heavy atom. The maximum Gasteiger partial charge on any atom is 0.246 e. The van der Waals surface area contributed by atoms with Crippen molar-refractivity contribution in [2.75, 3.05) is 10.6 Å². The molecule has 1 atom stereocenters. The van der Waals surface area contributed by atoms with Crippen LogP contribution in [-0.2, 0) is 21.9 Å². The Kier molecular flexibility index (Phi) is 4.48. The molecule has 9 heteroatoms. The van der Waals surface area contributed by atoms with Gasteiger partial charge >= 0.3 is 0 Å². The molecule has 0 fully saturated rings. The van der Waals surface area contributed by atoms with Crippen molar-refractivity contribution in [1.82, 2.24) is 9.78 Å². The van der Waals surface area contributed by atoms with Gasteiger partial charge in [0.25, 0.3) is 0 Å². The quantitative estimate of drug-likeness (QED) is 0.740.